The van der Waals surface area contributed by atoms with Crippen LogP contribution in [0.15, 0.2) is 42.6 Å². The van der Waals surface area contributed by atoms with Gasteiger partial charge in [0.15, 0.2) is 5.13 Å². The molecule has 0 atom stereocenters. The fourth-order valence-corrected chi connectivity index (χ4v) is 3.71. The maximum absolute atomic E-state index is 4.59. The highest BCUT2D eigenvalue weighted by atomic mass is 32.1. The molecule has 3 aromatic rings. The number of hydrogen-bond donors (Lipinski definition) is 1. The number of hydrogen-bond acceptors (Lipinski definition) is 5. The monoisotopic (exact) mass is 310 g/mol. The van der Waals surface area contributed by atoms with Crippen molar-refractivity contribution < 1.29 is 0 Å². The van der Waals surface area contributed by atoms with Crippen LogP contribution >= 0.6 is 11.3 Å². The van der Waals surface area contributed by atoms with Gasteiger partial charge in [-0.1, -0.05) is 23.5 Å². The van der Waals surface area contributed by atoms with E-state index in [1.54, 1.807) is 11.3 Å². The molecule has 4 rings (SSSR count). The maximum Gasteiger partial charge on any atom is 0.188 e. The third-order valence-electron chi connectivity index (χ3n) is 3.97. The molecule has 1 aliphatic heterocycles. The van der Waals surface area contributed by atoms with Crippen LogP contribution in [0.1, 0.15) is 19.3 Å². The van der Waals surface area contributed by atoms with E-state index in [0.717, 1.165) is 35.2 Å². The minimum Gasteiger partial charge on any atom is -0.357 e. The van der Waals surface area contributed by atoms with Gasteiger partial charge in [0, 0.05) is 13.1 Å². The number of pyridine rings is 1. The zero-order chi connectivity index (χ0) is 14.8. The molecule has 1 aromatic carbocycles. The lowest BCUT2D eigenvalue weighted by Crippen LogP contribution is -2.29. The molecule has 0 unspecified atom stereocenters. The Bertz CT molecular complexity index is 727. The number of thiazole rings is 1. The van der Waals surface area contributed by atoms with Crippen LogP contribution in [0.4, 0.5) is 16.6 Å². The van der Waals surface area contributed by atoms with Gasteiger partial charge in [0.25, 0.3) is 0 Å². The summed E-state index contributed by atoms with van der Waals surface area (Å²) in [5.41, 5.74) is 2.02. The summed E-state index contributed by atoms with van der Waals surface area (Å²) >= 11 is 1.66. The van der Waals surface area contributed by atoms with Gasteiger partial charge in [0.2, 0.25) is 0 Å². The number of fused-ring (bicyclic) bond motifs is 1. The predicted molar refractivity (Wildman–Crippen MR) is 93.2 cm³/mol. The quantitative estimate of drug-likeness (QED) is 0.777. The molecule has 5 heteroatoms. The molecule has 0 saturated carbocycles. The van der Waals surface area contributed by atoms with Gasteiger partial charge < -0.3 is 10.2 Å². The van der Waals surface area contributed by atoms with Gasteiger partial charge >= 0.3 is 0 Å². The van der Waals surface area contributed by atoms with Gasteiger partial charge in [-0.15, -0.1) is 0 Å². The molecule has 3 heterocycles. The first kappa shape index (κ1) is 13.5. The van der Waals surface area contributed by atoms with E-state index < -0.39 is 0 Å². The van der Waals surface area contributed by atoms with E-state index in [1.807, 2.05) is 24.4 Å². The smallest absolute Gasteiger partial charge is 0.188 e. The average Bonchev–Trinajstić information content (AvgIpc) is 2.98. The number of benzene rings is 1. The van der Waals surface area contributed by atoms with Gasteiger partial charge in [-0.05, 0) is 43.5 Å². The zero-order valence-corrected chi connectivity index (χ0v) is 13.1. The van der Waals surface area contributed by atoms with Crippen LogP contribution in [0.5, 0.6) is 0 Å². The molecule has 0 radical (unpaired) electrons. The van der Waals surface area contributed by atoms with Gasteiger partial charge in [0.1, 0.15) is 5.82 Å². The Morgan fingerprint density at radius 1 is 1.00 bits per heavy atom. The van der Waals surface area contributed by atoms with E-state index in [2.05, 4.69) is 38.4 Å². The molecule has 0 aliphatic carbocycles. The fourth-order valence-electron chi connectivity index (χ4n) is 2.82. The second-order valence-corrected chi connectivity index (χ2v) is 6.60. The Morgan fingerprint density at radius 2 is 1.86 bits per heavy atom. The molecular weight excluding hydrogens is 292 g/mol. The van der Waals surface area contributed by atoms with Crippen LogP contribution < -0.4 is 10.2 Å². The lowest BCUT2D eigenvalue weighted by molar-refractivity contribution is 0.573. The second kappa shape index (κ2) is 5.93. The van der Waals surface area contributed by atoms with Gasteiger partial charge in [-0.3, -0.25) is 0 Å². The first-order valence-corrected chi connectivity index (χ1v) is 8.54. The van der Waals surface area contributed by atoms with Crippen molar-refractivity contribution in [3.8, 4) is 0 Å². The SMILES string of the molecule is c1ccc2sc(Nc3ccc(N4CCCCC4)nc3)nc2c1. The van der Waals surface area contributed by atoms with Crippen LogP contribution in [-0.2, 0) is 0 Å². The first-order chi connectivity index (χ1) is 10.9. The van der Waals surface area contributed by atoms with E-state index in [9.17, 15) is 0 Å². The van der Waals surface area contributed by atoms with Crippen molar-refractivity contribution in [2.45, 2.75) is 19.3 Å². The molecule has 4 nitrogen and oxygen atoms in total. The molecule has 1 N–H and O–H groups in total. The van der Waals surface area contributed by atoms with Crippen molar-refractivity contribution >= 4 is 38.2 Å². The molecule has 1 fully saturated rings. The normalized spacial score (nSPS) is 15.2. The third kappa shape index (κ3) is 2.76. The summed E-state index contributed by atoms with van der Waals surface area (Å²) in [6.07, 6.45) is 5.78. The van der Waals surface area contributed by atoms with Crippen LogP contribution in [0.25, 0.3) is 10.2 Å². The van der Waals surface area contributed by atoms with Crippen molar-refractivity contribution in [3.05, 3.63) is 42.6 Å². The molecule has 2 aromatic heterocycles. The number of nitrogens with zero attached hydrogens (tertiary/aromatic N) is 3. The van der Waals surface area contributed by atoms with Gasteiger partial charge in [-0.25, -0.2) is 9.97 Å². The Morgan fingerprint density at radius 3 is 2.64 bits per heavy atom. The molecule has 0 bridgehead atoms. The summed E-state index contributed by atoms with van der Waals surface area (Å²) < 4.78 is 1.20. The molecule has 0 amide bonds. The minimum absolute atomic E-state index is 0.911. The Kier molecular flexibility index (Phi) is 3.64. The lowest BCUT2D eigenvalue weighted by Gasteiger charge is -2.27. The van der Waals surface area contributed by atoms with Crippen LogP contribution in [-0.4, -0.2) is 23.1 Å². The summed E-state index contributed by atoms with van der Waals surface area (Å²) in [5, 5.41) is 4.26. The highest BCUT2D eigenvalue weighted by Gasteiger charge is 2.12. The van der Waals surface area contributed by atoms with E-state index in [0.29, 0.717) is 0 Å². The Hall–Kier alpha value is -2.14. The summed E-state index contributed by atoms with van der Waals surface area (Å²) in [4.78, 5) is 11.5. The fraction of sp³-hybridized carbons (Fsp3) is 0.294. The van der Waals surface area contributed by atoms with E-state index >= 15 is 0 Å². The van der Waals surface area contributed by atoms with Crippen LogP contribution in [0.3, 0.4) is 0 Å². The molecule has 0 spiro atoms. The molecular formula is C17H18N4S. The van der Waals surface area contributed by atoms with Crippen molar-refractivity contribution in [1.82, 2.24) is 9.97 Å². The minimum atomic E-state index is 0.911. The number of piperidine rings is 1. The summed E-state index contributed by atoms with van der Waals surface area (Å²) in [6.45, 7) is 2.25. The zero-order valence-electron chi connectivity index (χ0n) is 12.3. The standard InChI is InChI=1S/C17H18N4S/c1-4-10-21(11-5-1)16-9-8-13(12-18-16)19-17-20-14-6-2-3-7-15(14)22-17/h2-3,6-9,12H,1,4-5,10-11H2,(H,19,20). The van der Waals surface area contributed by atoms with Crippen LogP contribution in [0.2, 0.25) is 0 Å². The van der Waals surface area contributed by atoms with E-state index in [4.69, 9.17) is 0 Å². The molecule has 1 saturated heterocycles. The Balaban J connectivity index is 1.50. The lowest BCUT2D eigenvalue weighted by atomic mass is 10.1. The van der Waals surface area contributed by atoms with Crippen LogP contribution in [0, 0.1) is 0 Å². The highest BCUT2D eigenvalue weighted by molar-refractivity contribution is 7.22. The summed E-state index contributed by atoms with van der Waals surface area (Å²) in [6, 6.07) is 12.4. The van der Waals surface area contributed by atoms with Crippen molar-refractivity contribution in [3.63, 3.8) is 0 Å². The highest BCUT2D eigenvalue weighted by Crippen LogP contribution is 2.28. The number of rotatable bonds is 3. The van der Waals surface area contributed by atoms with E-state index in [1.165, 1.54) is 24.0 Å². The number of nitrogens with one attached hydrogen (secondary N) is 1. The second-order valence-electron chi connectivity index (χ2n) is 5.56. The van der Waals surface area contributed by atoms with Crippen molar-refractivity contribution in [1.29, 1.82) is 0 Å². The molecule has 22 heavy (non-hydrogen) atoms. The topological polar surface area (TPSA) is 41.0 Å². The molecule has 1 aliphatic rings. The van der Waals surface area contributed by atoms with E-state index in [-0.39, 0.29) is 0 Å². The predicted octanol–water partition coefficient (Wildman–Crippen LogP) is 4.43. The van der Waals surface area contributed by atoms with Crippen molar-refractivity contribution in [2.75, 3.05) is 23.3 Å². The van der Waals surface area contributed by atoms with Gasteiger partial charge in [-0.2, -0.15) is 0 Å². The maximum atomic E-state index is 4.59. The number of aromatic nitrogens is 2. The summed E-state index contributed by atoms with van der Waals surface area (Å²) in [5.74, 6) is 1.08. The Labute approximate surface area is 133 Å². The summed E-state index contributed by atoms with van der Waals surface area (Å²) in [7, 11) is 0. The number of anilines is 3. The largest absolute Gasteiger partial charge is 0.357 e. The first-order valence-electron chi connectivity index (χ1n) is 7.72. The molecule has 112 valence electrons. The average molecular weight is 310 g/mol. The van der Waals surface area contributed by atoms with Gasteiger partial charge in [0.05, 0.1) is 22.1 Å². The third-order valence-corrected chi connectivity index (χ3v) is 4.92. The number of para-hydroxylation sites is 1. The van der Waals surface area contributed by atoms with Crippen molar-refractivity contribution in [2.24, 2.45) is 0 Å².